The lowest BCUT2D eigenvalue weighted by molar-refractivity contribution is -0.125. The number of nitrogens with zero attached hydrogens (tertiary/aromatic N) is 2. The fourth-order valence-electron chi connectivity index (χ4n) is 6.08. The van der Waals surface area contributed by atoms with Crippen molar-refractivity contribution < 1.29 is 4.79 Å². The van der Waals surface area contributed by atoms with Crippen LogP contribution in [0.2, 0.25) is 0 Å². The smallest absolute Gasteiger partial charge is 0.240 e. The van der Waals surface area contributed by atoms with E-state index in [4.69, 9.17) is 5.41 Å². The Morgan fingerprint density at radius 1 is 1.08 bits per heavy atom. The van der Waals surface area contributed by atoms with E-state index in [9.17, 15) is 4.79 Å². The molecule has 2 N–H and O–H groups in total. The zero-order valence-electron chi connectivity index (χ0n) is 15.1. The van der Waals surface area contributed by atoms with Gasteiger partial charge in [-0.15, -0.1) is 12.4 Å². The van der Waals surface area contributed by atoms with Crippen molar-refractivity contribution in [3.63, 3.8) is 0 Å². The molecular formula is C20H27ClN4O. The summed E-state index contributed by atoms with van der Waals surface area (Å²) in [7, 11) is 1.89. The van der Waals surface area contributed by atoms with Gasteiger partial charge in [0, 0.05) is 13.1 Å². The molecule has 6 rings (SSSR count). The Balaban J connectivity index is 0.00000168. The second kappa shape index (κ2) is 6.45. The Morgan fingerprint density at radius 3 is 2.27 bits per heavy atom. The van der Waals surface area contributed by atoms with Gasteiger partial charge in [0.25, 0.3) is 0 Å². The molecule has 1 amide bonds. The molecule has 0 spiro atoms. The molecule has 6 heteroatoms. The highest BCUT2D eigenvalue weighted by Crippen LogP contribution is 2.53. The topological polar surface area (TPSA) is 62.8 Å². The number of imidazole rings is 1. The zero-order valence-corrected chi connectivity index (χ0v) is 16.0. The zero-order chi connectivity index (χ0) is 17.1. The van der Waals surface area contributed by atoms with Gasteiger partial charge < -0.3 is 14.5 Å². The summed E-state index contributed by atoms with van der Waals surface area (Å²) in [5, 5.41) is 11.7. The minimum atomic E-state index is 0. The van der Waals surface area contributed by atoms with Crippen LogP contribution in [0, 0.1) is 29.1 Å². The first-order valence-electron chi connectivity index (χ1n) is 9.58. The van der Waals surface area contributed by atoms with Gasteiger partial charge in [0.2, 0.25) is 11.5 Å². The van der Waals surface area contributed by atoms with Crippen LogP contribution in [0.15, 0.2) is 24.3 Å². The van der Waals surface area contributed by atoms with Crippen molar-refractivity contribution in [3.8, 4) is 0 Å². The molecule has 1 aromatic heterocycles. The number of halogens is 1. The first kappa shape index (κ1) is 17.7. The van der Waals surface area contributed by atoms with E-state index in [2.05, 4.69) is 5.32 Å². The molecule has 0 aliphatic heterocycles. The van der Waals surface area contributed by atoms with E-state index in [0.717, 1.165) is 22.9 Å². The molecule has 2 aromatic rings. The third-order valence-electron chi connectivity index (χ3n) is 6.96. The fourth-order valence-corrected chi connectivity index (χ4v) is 6.08. The highest BCUT2D eigenvalue weighted by Gasteiger charge is 2.48. The summed E-state index contributed by atoms with van der Waals surface area (Å²) in [6, 6.07) is 8.29. The van der Waals surface area contributed by atoms with E-state index in [1.54, 1.807) is 0 Å². The third-order valence-corrected chi connectivity index (χ3v) is 6.96. The predicted molar refractivity (Wildman–Crippen MR) is 103 cm³/mol. The Morgan fingerprint density at radius 2 is 1.65 bits per heavy atom. The van der Waals surface area contributed by atoms with Crippen LogP contribution in [0.3, 0.4) is 0 Å². The molecule has 4 bridgehead atoms. The van der Waals surface area contributed by atoms with Crippen molar-refractivity contribution in [2.75, 3.05) is 0 Å². The number of carbonyl (C=O) groups is 1. The van der Waals surface area contributed by atoms with Crippen LogP contribution >= 0.6 is 12.4 Å². The summed E-state index contributed by atoms with van der Waals surface area (Å²) < 4.78 is 3.66. The fraction of sp³-hybridized carbons (Fsp3) is 0.600. The minimum absolute atomic E-state index is 0. The van der Waals surface area contributed by atoms with Gasteiger partial charge in [-0.2, -0.15) is 0 Å². The number of fused-ring (bicyclic) bond motifs is 1. The number of benzene rings is 1. The SMILES string of the molecule is Cl.Cn1c(=N)n(CC(=O)NC2C3CC4CC(C3)CC2C4)c2ccccc21. The Labute approximate surface area is 159 Å². The molecule has 1 heterocycles. The second-order valence-electron chi connectivity index (χ2n) is 8.48. The number of aromatic nitrogens is 2. The van der Waals surface area contributed by atoms with Gasteiger partial charge in [0.05, 0.1) is 11.0 Å². The first-order valence-corrected chi connectivity index (χ1v) is 9.58. The van der Waals surface area contributed by atoms with Crippen LogP contribution < -0.4 is 10.9 Å². The van der Waals surface area contributed by atoms with E-state index in [1.807, 2.05) is 40.4 Å². The second-order valence-corrected chi connectivity index (χ2v) is 8.48. The average Bonchev–Trinajstić information content (AvgIpc) is 2.83. The first-order chi connectivity index (χ1) is 12.1. The van der Waals surface area contributed by atoms with Gasteiger partial charge in [-0.3, -0.25) is 10.2 Å². The van der Waals surface area contributed by atoms with Gasteiger partial charge in [-0.1, -0.05) is 12.1 Å². The van der Waals surface area contributed by atoms with Crippen LogP contribution in [-0.4, -0.2) is 21.1 Å². The van der Waals surface area contributed by atoms with Crippen molar-refractivity contribution in [2.45, 2.75) is 44.7 Å². The standard InChI is InChI=1S/C20H26N4O.ClH/c1-23-16-4-2-3-5-17(16)24(20(23)21)11-18(25)22-19-14-7-12-6-13(9-14)10-15(19)8-12;/h2-5,12-15,19,21H,6-11H2,1H3,(H,22,25);1H. The Hall–Kier alpha value is -1.75. The normalized spacial score (nSPS) is 31.8. The van der Waals surface area contributed by atoms with Crippen LogP contribution in [0.1, 0.15) is 32.1 Å². The molecule has 26 heavy (non-hydrogen) atoms. The number of nitrogens with one attached hydrogen (secondary N) is 2. The average molecular weight is 375 g/mol. The van der Waals surface area contributed by atoms with Gasteiger partial charge in [0.1, 0.15) is 6.54 Å². The van der Waals surface area contributed by atoms with Crippen molar-refractivity contribution in [3.05, 3.63) is 29.9 Å². The molecule has 5 nitrogen and oxygen atoms in total. The van der Waals surface area contributed by atoms with Crippen molar-refractivity contribution in [1.29, 1.82) is 5.41 Å². The number of hydrogen-bond donors (Lipinski definition) is 2. The molecule has 4 fully saturated rings. The monoisotopic (exact) mass is 374 g/mol. The lowest BCUT2D eigenvalue weighted by atomic mass is 9.54. The molecule has 0 radical (unpaired) electrons. The third kappa shape index (κ3) is 2.68. The Bertz CT molecular complexity index is 871. The molecule has 0 unspecified atom stereocenters. The number of amides is 1. The highest BCUT2D eigenvalue weighted by molar-refractivity contribution is 5.85. The lowest BCUT2D eigenvalue weighted by Crippen LogP contribution is -2.56. The molecule has 4 aliphatic rings. The summed E-state index contributed by atoms with van der Waals surface area (Å²) in [5.41, 5.74) is 2.33. The number of para-hydroxylation sites is 2. The minimum Gasteiger partial charge on any atom is -0.351 e. The number of aryl methyl sites for hydroxylation is 1. The number of rotatable bonds is 3. The van der Waals surface area contributed by atoms with Crippen molar-refractivity contribution in [1.82, 2.24) is 14.5 Å². The quantitative estimate of drug-likeness (QED) is 0.852. The summed E-state index contributed by atoms with van der Waals surface area (Å²) in [6.07, 6.45) is 6.67. The molecule has 140 valence electrons. The number of carbonyl (C=O) groups excluding carboxylic acids is 1. The maximum absolute atomic E-state index is 12.8. The van der Waals surface area contributed by atoms with E-state index < -0.39 is 0 Å². The van der Waals surface area contributed by atoms with Crippen LogP contribution in [0.4, 0.5) is 0 Å². The lowest BCUT2D eigenvalue weighted by Gasteiger charge is -2.54. The van der Waals surface area contributed by atoms with Gasteiger partial charge in [-0.25, -0.2) is 0 Å². The van der Waals surface area contributed by atoms with Gasteiger partial charge >= 0.3 is 0 Å². The molecule has 0 saturated heterocycles. The molecule has 4 saturated carbocycles. The van der Waals surface area contributed by atoms with Crippen LogP contribution in [0.5, 0.6) is 0 Å². The van der Waals surface area contributed by atoms with Gasteiger partial charge in [0.15, 0.2) is 0 Å². The van der Waals surface area contributed by atoms with Crippen LogP contribution in [-0.2, 0) is 18.4 Å². The molecule has 4 aliphatic carbocycles. The van der Waals surface area contributed by atoms with Crippen LogP contribution in [0.25, 0.3) is 11.0 Å². The van der Waals surface area contributed by atoms with E-state index >= 15 is 0 Å². The predicted octanol–water partition coefficient (Wildman–Crippen LogP) is 2.82. The van der Waals surface area contributed by atoms with E-state index in [0.29, 0.717) is 23.5 Å². The summed E-state index contributed by atoms with van der Waals surface area (Å²) in [4.78, 5) is 12.8. The van der Waals surface area contributed by atoms with Gasteiger partial charge in [-0.05, 0) is 67.9 Å². The van der Waals surface area contributed by atoms with E-state index in [1.165, 1.54) is 32.1 Å². The van der Waals surface area contributed by atoms with Crippen molar-refractivity contribution >= 4 is 29.3 Å². The largest absolute Gasteiger partial charge is 0.351 e. The maximum Gasteiger partial charge on any atom is 0.240 e. The van der Waals surface area contributed by atoms with Crippen molar-refractivity contribution in [2.24, 2.45) is 30.7 Å². The molecular weight excluding hydrogens is 348 g/mol. The summed E-state index contributed by atoms with van der Waals surface area (Å²) >= 11 is 0. The van der Waals surface area contributed by atoms with E-state index in [-0.39, 0.29) is 24.9 Å². The number of hydrogen-bond acceptors (Lipinski definition) is 2. The molecule has 1 aromatic carbocycles. The Kier molecular flexibility index (Phi) is 4.38. The highest BCUT2D eigenvalue weighted by atomic mass is 35.5. The summed E-state index contributed by atoms with van der Waals surface area (Å²) in [5.74, 6) is 3.28. The maximum atomic E-state index is 12.8. The molecule has 0 atom stereocenters. The summed E-state index contributed by atoms with van der Waals surface area (Å²) in [6.45, 7) is 0.239.